The van der Waals surface area contributed by atoms with E-state index < -0.39 is 16.1 Å². The molecule has 0 aliphatic rings. The van der Waals surface area contributed by atoms with Gasteiger partial charge >= 0.3 is 0 Å². The predicted molar refractivity (Wildman–Crippen MR) is 121 cm³/mol. The van der Waals surface area contributed by atoms with E-state index in [-0.39, 0.29) is 17.3 Å². The number of amides is 1. The number of benzene rings is 1. The number of hydrogen-bond donors (Lipinski definition) is 2. The first-order chi connectivity index (χ1) is 14.9. The van der Waals surface area contributed by atoms with Gasteiger partial charge in [-0.3, -0.25) is 4.79 Å². The molecule has 164 valence electrons. The van der Waals surface area contributed by atoms with Crippen LogP contribution < -0.4 is 10.0 Å². The summed E-state index contributed by atoms with van der Waals surface area (Å²) in [5, 5.41) is 6.98. The molecule has 0 aliphatic carbocycles. The van der Waals surface area contributed by atoms with Crippen molar-refractivity contribution in [3.63, 3.8) is 0 Å². The average Bonchev–Trinajstić information content (AvgIpc) is 3.30. The Bertz CT molecular complexity index is 1100. The average molecular weight is 460 g/mol. The molecule has 1 amide bonds. The first-order valence-corrected chi connectivity index (χ1v) is 12.6. The summed E-state index contributed by atoms with van der Waals surface area (Å²) < 4.78 is 29.7. The van der Waals surface area contributed by atoms with E-state index in [2.05, 4.69) is 20.1 Å². The zero-order chi connectivity index (χ0) is 22.3. The van der Waals surface area contributed by atoms with Crippen molar-refractivity contribution >= 4 is 27.7 Å². The summed E-state index contributed by atoms with van der Waals surface area (Å²) in [6.45, 7) is 2.13. The van der Waals surface area contributed by atoms with Crippen LogP contribution in [0, 0.1) is 6.92 Å². The topological polar surface area (TPSA) is 106 Å². The third-order valence-electron chi connectivity index (χ3n) is 4.57. The molecular formula is C21H25N5O3S2. The van der Waals surface area contributed by atoms with Crippen molar-refractivity contribution in [3.05, 3.63) is 72.2 Å². The summed E-state index contributed by atoms with van der Waals surface area (Å²) in [4.78, 5) is 17.2. The first kappa shape index (κ1) is 23.0. The SMILES string of the molecule is CSCCC(NS(=O)(=O)c1ccc(C)cc1)C(=O)NCc1ccnc(-n2cccn2)c1. The van der Waals surface area contributed by atoms with E-state index in [4.69, 9.17) is 0 Å². The Balaban J connectivity index is 1.68. The highest BCUT2D eigenvalue weighted by molar-refractivity contribution is 7.98. The molecule has 2 N–H and O–H groups in total. The van der Waals surface area contributed by atoms with E-state index >= 15 is 0 Å². The van der Waals surface area contributed by atoms with Crippen molar-refractivity contribution < 1.29 is 13.2 Å². The molecular weight excluding hydrogens is 434 g/mol. The van der Waals surface area contributed by atoms with Gasteiger partial charge in [0.1, 0.15) is 6.04 Å². The van der Waals surface area contributed by atoms with Crippen molar-refractivity contribution in [3.8, 4) is 5.82 Å². The molecule has 1 unspecified atom stereocenters. The molecule has 1 aromatic carbocycles. The van der Waals surface area contributed by atoms with Gasteiger partial charge in [-0.15, -0.1) is 0 Å². The Labute approximate surface area is 186 Å². The summed E-state index contributed by atoms with van der Waals surface area (Å²) in [7, 11) is -3.81. The van der Waals surface area contributed by atoms with Crippen LogP contribution in [0.2, 0.25) is 0 Å². The van der Waals surface area contributed by atoms with Gasteiger partial charge in [0, 0.05) is 25.1 Å². The second-order valence-corrected chi connectivity index (χ2v) is 9.66. The Morgan fingerprint density at radius 3 is 2.65 bits per heavy atom. The second-order valence-electron chi connectivity index (χ2n) is 6.96. The Morgan fingerprint density at radius 2 is 1.97 bits per heavy atom. The highest BCUT2D eigenvalue weighted by Crippen LogP contribution is 2.13. The summed E-state index contributed by atoms with van der Waals surface area (Å²) >= 11 is 1.55. The third kappa shape index (κ3) is 6.39. The Morgan fingerprint density at radius 1 is 1.19 bits per heavy atom. The lowest BCUT2D eigenvalue weighted by molar-refractivity contribution is -0.122. The second kappa shape index (κ2) is 10.6. The lowest BCUT2D eigenvalue weighted by atomic mass is 10.2. The molecule has 10 heteroatoms. The number of pyridine rings is 1. The van der Waals surface area contributed by atoms with Crippen LogP contribution in [0.15, 0.2) is 66.0 Å². The molecule has 31 heavy (non-hydrogen) atoms. The van der Waals surface area contributed by atoms with Gasteiger partial charge < -0.3 is 5.32 Å². The van der Waals surface area contributed by atoms with Crippen molar-refractivity contribution in [2.45, 2.75) is 30.8 Å². The normalized spacial score (nSPS) is 12.5. The zero-order valence-corrected chi connectivity index (χ0v) is 19.0. The summed E-state index contributed by atoms with van der Waals surface area (Å²) in [5.41, 5.74) is 1.79. The molecule has 1 atom stereocenters. The lowest BCUT2D eigenvalue weighted by Gasteiger charge is -2.18. The van der Waals surface area contributed by atoms with Crippen LogP contribution in [0.4, 0.5) is 0 Å². The standard InChI is InChI=1S/C21H25N5O3S2/c1-16-4-6-18(7-5-16)31(28,29)25-19(9-13-30-2)21(27)23-15-17-8-11-22-20(14-17)26-12-3-10-24-26/h3-8,10-12,14,19,25H,9,13,15H2,1-2H3,(H,23,27). The molecule has 3 rings (SSSR count). The fourth-order valence-electron chi connectivity index (χ4n) is 2.86. The van der Waals surface area contributed by atoms with Crippen molar-refractivity contribution in [2.24, 2.45) is 0 Å². The number of thioether (sulfide) groups is 1. The molecule has 0 bridgehead atoms. The summed E-state index contributed by atoms with van der Waals surface area (Å²) in [6, 6.07) is 11.1. The number of hydrogen-bond acceptors (Lipinski definition) is 6. The number of carbonyl (C=O) groups excluding carboxylic acids is 1. The number of rotatable bonds is 10. The third-order valence-corrected chi connectivity index (χ3v) is 6.70. The van der Waals surface area contributed by atoms with E-state index in [0.717, 1.165) is 11.1 Å². The van der Waals surface area contributed by atoms with Gasteiger partial charge in [-0.2, -0.15) is 21.6 Å². The van der Waals surface area contributed by atoms with Crippen LogP contribution >= 0.6 is 11.8 Å². The minimum atomic E-state index is -3.81. The number of aromatic nitrogens is 3. The molecule has 0 aliphatic heterocycles. The minimum absolute atomic E-state index is 0.137. The van der Waals surface area contributed by atoms with Gasteiger partial charge in [-0.05, 0) is 61.2 Å². The van der Waals surface area contributed by atoms with Crippen molar-refractivity contribution in [1.82, 2.24) is 24.8 Å². The van der Waals surface area contributed by atoms with E-state index in [1.165, 1.54) is 12.1 Å². The fraction of sp³-hybridized carbons (Fsp3) is 0.286. The van der Waals surface area contributed by atoms with Crippen LogP contribution in [-0.2, 0) is 21.4 Å². The van der Waals surface area contributed by atoms with E-state index in [1.54, 1.807) is 59.3 Å². The molecule has 2 heterocycles. The number of sulfonamides is 1. The van der Waals surface area contributed by atoms with Crippen LogP contribution in [-0.4, -0.2) is 47.1 Å². The monoisotopic (exact) mass is 459 g/mol. The first-order valence-electron chi connectivity index (χ1n) is 9.69. The van der Waals surface area contributed by atoms with Crippen LogP contribution in [0.25, 0.3) is 5.82 Å². The quantitative estimate of drug-likeness (QED) is 0.482. The van der Waals surface area contributed by atoms with Gasteiger partial charge in [0.2, 0.25) is 15.9 Å². The molecule has 0 spiro atoms. The molecule has 0 saturated heterocycles. The fourth-order valence-corrected chi connectivity index (χ4v) is 4.57. The van der Waals surface area contributed by atoms with Gasteiger partial charge in [0.15, 0.2) is 5.82 Å². The van der Waals surface area contributed by atoms with Crippen LogP contribution in [0.5, 0.6) is 0 Å². The highest BCUT2D eigenvalue weighted by atomic mass is 32.2. The molecule has 2 aromatic heterocycles. The van der Waals surface area contributed by atoms with Crippen molar-refractivity contribution in [2.75, 3.05) is 12.0 Å². The molecule has 0 saturated carbocycles. The lowest BCUT2D eigenvalue weighted by Crippen LogP contribution is -2.46. The van der Waals surface area contributed by atoms with E-state index in [0.29, 0.717) is 18.0 Å². The van der Waals surface area contributed by atoms with Gasteiger partial charge in [-0.25, -0.2) is 18.1 Å². The Hall–Kier alpha value is -2.69. The largest absolute Gasteiger partial charge is 0.351 e. The zero-order valence-electron chi connectivity index (χ0n) is 17.4. The maximum atomic E-state index is 12.8. The number of carbonyl (C=O) groups is 1. The smallest absolute Gasteiger partial charge is 0.241 e. The van der Waals surface area contributed by atoms with E-state index in [9.17, 15) is 13.2 Å². The molecule has 3 aromatic rings. The maximum Gasteiger partial charge on any atom is 0.241 e. The van der Waals surface area contributed by atoms with E-state index in [1.807, 2.05) is 19.2 Å². The highest BCUT2D eigenvalue weighted by Gasteiger charge is 2.25. The van der Waals surface area contributed by atoms with Gasteiger partial charge in [0.05, 0.1) is 4.90 Å². The summed E-state index contributed by atoms with van der Waals surface area (Å²) in [6.07, 6.45) is 7.38. The van der Waals surface area contributed by atoms with Gasteiger partial charge in [0.25, 0.3) is 0 Å². The van der Waals surface area contributed by atoms with Crippen LogP contribution in [0.1, 0.15) is 17.5 Å². The molecule has 0 radical (unpaired) electrons. The van der Waals surface area contributed by atoms with Crippen LogP contribution in [0.3, 0.4) is 0 Å². The minimum Gasteiger partial charge on any atom is -0.351 e. The van der Waals surface area contributed by atoms with Crippen molar-refractivity contribution in [1.29, 1.82) is 0 Å². The molecule has 8 nitrogen and oxygen atoms in total. The summed E-state index contributed by atoms with van der Waals surface area (Å²) in [5.74, 6) is 0.908. The predicted octanol–water partition coefficient (Wildman–Crippen LogP) is 2.29. The van der Waals surface area contributed by atoms with Gasteiger partial charge in [-0.1, -0.05) is 17.7 Å². The Kier molecular flexibility index (Phi) is 7.83. The maximum absolute atomic E-state index is 12.8. The number of nitrogens with one attached hydrogen (secondary N) is 2. The molecule has 0 fully saturated rings. The number of aryl methyl sites for hydroxylation is 1. The number of nitrogens with zero attached hydrogens (tertiary/aromatic N) is 3.